The zero-order valence-electron chi connectivity index (χ0n) is 15.7. The number of nitrogens with one attached hydrogen (secondary N) is 1. The maximum absolute atomic E-state index is 12.7. The molecule has 0 saturated heterocycles. The van der Waals surface area contributed by atoms with Crippen molar-refractivity contribution in [2.45, 2.75) is 32.2 Å². The van der Waals surface area contributed by atoms with Crippen molar-refractivity contribution in [1.29, 1.82) is 0 Å². The predicted octanol–water partition coefficient (Wildman–Crippen LogP) is 3.65. The average Bonchev–Trinajstić information content (AvgIpc) is 3.17. The van der Waals surface area contributed by atoms with Crippen molar-refractivity contribution in [3.8, 4) is 21.9 Å². The molecule has 0 saturated carbocycles. The second-order valence-corrected chi connectivity index (χ2v) is 7.63. The van der Waals surface area contributed by atoms with Gasteiger partial charge in [-0.1, -0.05) is 13.3 Å². The first-order valence-corrected chi connectivity index (χ1v) is 9.69. The van der Waals surface area contributed by atoms with E-state index in [1.54, 1.807) is 13.0 Å². The van der Waals surface area contributed by atoms with Crippen LogP contribution in [0.1, 0.15) is 36.4 Å². The number of carbonyl (C=O) groups excluding carboxylic acids is 2. The van der Waals surface area contributed by atoms with E-state index in [2.05, 4.69) is 5.32 Å². The largest absolute Gasteiger partial charge is 0.486 e. The van der Waals surface area contributed by atoms with Gasteiger partial charge in [0.15, 0.2) is 11.5 Å². The van der Waals surface area contributed by atoms with Crippen molar-refractivity contribution in [3.63, 3.8) is 0 Å². The highest BCUT2D eigenvalue weighted by Crippen LogP contribution is 2.37. The first-order chi connectivity index (χ1) is 13.0. The van der Waals surface area contributed by atoms with E-state index in [1.807, 2.05) is 31.2 Å². The Morgan fingerprint density at radius 1 is 1.19 bits per heavy atom. The molecule has 1 aromatic carbocycles. The van der Waals surface area contributed by atoms with Crippen LogP contribution in [-0.2, 0) is 9.53 Å². The van der Waals surface area contributed by atoms with Crippen LogP contribution < -0.4 is 14.8 Å². The van der Waals surface area contributed by atoms with Gasteiger partial charge in [-0.25, -0.2) is 4.79 Å². The first kappa shape index (κ1) is 19.2. The van der Waals surface area contributed by atoms with Gasteiger partial charge in [-0.2, -0.15) is 0 Å². The van der Waals surface area contributed by atoms with E-state index in [9.17, 15) is 9.59 Å². The highest BCUT2D eigenvalue weighted by atomic mass is 32.1. The van der Waals surface area contributed by atoms with E-state index in [0.717, 1.165) is 22.6 Å². The van der Waals surface area contributed by atoms with Crippen LogP contribution in [0, 0.1) is 0 Å². The molecule has 0 spiro atoms. The number of fused-ring (bicyclic) bond motifs is 1. The number of ether oxygens (including phenoxy) is 3. The molecule has 27 heavy (non-hydrogen) atoms. The van der Waals surface area contributed by atoms with Gasteiger partial charge >= 0.3 is 5.97 Å². The molecule has 0 bridgehead atoms. The Morgan fingerprint density at radius 3 is 2.63 bits per heavy atom. The van der Waals surface area contributed by atoms with E-state index in [1.165, 1.54) is 18.4 Å². The number of thiophene rings is 1. The summed E-state index contributed by atoms with van der Waals surface area (Å²) < 4.78 is 16.0. The van der Waals surface area contributed by atoms with Crippen LogP contribution in [0.2, 0.25) is 0 Å². The molecule has 1 aliphatic rings. The minimum absolute atomic E-state index is 0.287. The van der Waals surface area contributed by atoms with E-state index in [0.29, 0.717) is 30.3 Å². The Bertz CT molecular complexity index is 847. The van der Waals surface area contributed by atoms with Crippen molar-refractivity contribution in [2.24, 2.45) is 0 Å². The Hall–Kier alpha value is -2.54. The third-order valence-electron chi connectivity index (χ3n) is 4.43. The fraction of sp³-hybridized carbons (Fsp3) is 0.400. The second-order valence-electron chi connectivity index (χ2n) is 6.55. The van der Waals surface area contributed by atoms with Gasteiger partial charge in [0.05, 0.1) is 12.0 Å². The maximum Gasteiger partial charge on any atom is 0.331 e. The van der Waals surface area contributed by atoms with Crippen LogP contribution in [0.4, 0.5) is 0 Å². The predicted molar refractivity (Wildman–Crippen MR) is 104 cm³/mol. The summed E-state index contributed by atoms with van der Waals surface area (Å²) in [7, 11) is 1.33. The molecular weight excluding hydrogens is 366 g/mol. The molecule has 2 aromatic rings. The molecule has 0 aliphatic carbocycles. The van der Waals surface area contributed by atoms with Crippen LogP contribution in [0.15, 0.2) is 30.3 Å². The van der Waals surface area contributed by atoms with Crippen LogP contribution in [-0.4, -0.2) is 37.7 Å². The summed E-state index contributed by atoms with van der Waals surface area (Å²) in [5.74, 6) is 0.707. The van der Waals surface area contributed by atoms with Crippen LogP contribution >= 0.6 is 11.3 Å². The fourth-order valence-corrected chi connectivity index (χ4v) is 3.96. The first-order valence-electron chi connectivity index (χ1n) is 8.87. The van der Waals surface area contributed by atoms with Gasteiger partial charge in [0.1, 0.15) is 18.8 Å². The summed E-state index contributed by atoms with van der Waals surface area (Å²) in [6.45, 7) is 4.72. The summed E-state index contributed by atoms with van der Waals surface area (Å²) in [5, 5.41) is 2.83. The summed E-state index contributed by atoms with van der Waals surface area (Å²) in [6.07, 6.45) is 1.25. The smallest absolute Gasteiger partial charge is 0.331 e. The minimum atomic E-state index is -1.04. The average molecular weight is 389 g/mol. The standard InChI is InChI=1S/C20H23NO5S/c1-4-9-20(2,19(23)24-3)21-18(22)17-8-7-16(27-17)13-5-6-14-15(12-13)26-11-10-25-14/h5-8,12H,4,9-11H2,1-3H3,(H,21,22). The molecule has 1 aromatic heterocycles. The number of amides is 1. The van der Waals surface area contributed by atoms with Crippen molar-refractivity contribution >= 4 is 23.2 Å². The molecule has 1 N–H and O–H groups in total. The Morgan fingerprint density at radius 2 is 1.93 bits per heavy atom. The highest BCUT2D eigenvalue weighted by Gasteiger charge is 2.35. The number of esters is 1. The van der Waals surface area contributed by atoms with Crippen molar-refractivity contribution in [1.82, 2.24) is 5.32 Å². The summed E-state index contributed by atoms with van der Waals surface area (Å²) in [5.41, 5.74) is -0.0885. The fourth-order valence-electron chi connectivity index (χ4n) is 3.06. The lowest BCUT2D eigenvalue weighted by Gasteiger charge is -2.27. The summed E-state index contributed by atoms with van der Waals surface area (Å²) >= 11 is 1.36. The number of carbonyl (C=O) groups is 2. The summed E-state index contributed by atoms with van der Waals surface area (Å²) in [4.78, 5) is 26.2. The molecule has 3 rings (SSSR count). The van der Waals surface area contributed by atoms with Gasteiger partial charge in [0, 0.05) is 4.88 Å². The molecule has 0 radical (unpaired) electrons. The Kier molecular flexibility index (Phi) is 5.70. The number of methoxy groups -OCH3 is 1. The van der Waals surface area contributed by atoms with Crippen LogP contribution in [0.5, 0.6) is 11.5 Å². The number of hydrogen-bond donors (Lipinski definition) is 1. The van der Waals surface area contributed by atoms with E-state index in [-0.39, 0.29) is 5.91 Å². The molecule has 1 aliphatic heterocycles. The lowest BCUT2D eigenvalue weighted by atomic mass is 9.96. The molecule has 1 amide bonds. The molecular formula is C20H23NO5S. The molecule has 7 heteroatoms. The molecule has 1 unspecified atom stereocenters. The topological polar surface area (TPSA) is 73.9 Å². The van der Waals surface area contributed by atoms with Gasteiger partial charge < -0.3 is 19.5 Å². The lowest BCUT2D eigenvalue weighted by Crippen LogP contribution is -2.52. The second kappa shape index (κ2) is 8.00. The van der Waals surface area contributed by atoms with E-state index >= 15 is 0 Å². The van der Waals surface area contributed by atoms with Gasteiger partial charge in [0.2, 0.25) is 0 Å². The van der Waals surface area contributed by atoms with Crippen molar-refractivity contribution < 1.29 is 23.8 Å². The van der Waals surface area contributed by atoms with E-state index < -0.39 is 11.5 Å². The monoisotopic (exact) mass is 389 g/mol. The van der Waals surface area contributed by atoms with Gasteiger partial charge in [0.25, 0.3) is 5.91 Å². The normalized spacial score (nSPS) is 14.9. The van der Waals surface area contributed by atoms with Crippen LogP contribution in [0.25, 0.3) is 10.4 Å². The SMILES string of the molecule is CCCC(C)(NC(=O)c1ccc(-c2ccc3c(c2)OCCO3)s1)C(=O)OC. The number of rotatable bonds is 6. The van der Waals surface area contributed by atoms with Gasteiger partial charge in [-0.3, -0.25) is 4.79 Å². The number of benzene rings is 1. The molecule has 6 nitrogen and oxygen atoms in total. The molecule has 0 fully saturated rings. The summed E-state index contributed by atoms with van der Waals surface area (Å²) in [6, 6.07) is 9.38. The molecule has 2 heterocycles. The third-order valence-corrected chi connectivity index (χ3v) is 5.56. The lowest BCUT2D eigenvalue weighted by molar-refractivity contribution is -0.147. The molecule has 144 valence electrons. The Balaban J connectivity index is 1.78. The third kappa shape index (κ3) is 4.08. The molecule has 1 atom stereocenters. The minimum Gasteiger partial charge on any atom is -0.486 e. The highest BCUT2D eigenvalue weighted by molar-refractivity contribution is 7.17. The maximum atomic E-state index is 12.7. The zero-order chi connectivity index (χ0) is 19.4. The van der Waals surface area contributed by atoms with Crippen LogP contribution in [0.3, 0.4) is 0 Å². The van der Waals surface area contributed by atoms with Crippen molar-refractivity contribution in [3.05, 3.63) is 35.2 Å². The number of hydrogen-bond acceptors (Lipinski definition) is 6. The quantitative estimate of drug-likeness (QED) is 0.764. The van der Waals surface area contributed by atoms with E-state index in [4.69, 9.17) is 14.2 Å². The van der Waals surface area contributed by atoms with Crippen molar-refractivity contribution in [2.75, 3.05) is 20.3 Å². The zero-order valence-corrected chi connectivity index (χ0v) is 16.5. The van der Waals surface area contributed by atoms with Gasteiger partial charge in [-0.05, 0) is 49.2 Å². The van der Waals surface area contributed by atoms with Gasteiger partial charge in [-0.15, -0.1) is 11.3 Å². The Labute approximate surface area is 162 Å².